The van der Waals surface area contributed by atoms with Crippen LogP contribution < -0.4 is 21.1 Å². The maximum Gasteiger partial charge on any atom is 0.212 e. The lowest BCUT2D eigenvalue weighted by Crippen LogP contribution is -2.45. The summed E-state index contributed by atoms with van der Waals surface area (Å²) >= 11 is 0. The fourth-order valence-corrected chi connectivity index (χ4v) is 4.47. The first-order valence-electron chi connectivity index (χ1n) is 11.5. The van der Waals surface area contributed by atoms with Crippen molar-refractivity contribution in [1.29, 1.82) is 0 Å². The van der Waals surface area contributed by atoms with Gasteiger partial charge in [0.1, 0.15) is 17.9 Å². The zero-order valence-corrected chi connectivity index (χ0v) is 19.7. The number of anilines is 2. The number of hydrogen-bond donors (Lipinski definition) is 3. The van der Waals surface area contributed by atoms with E-state index in [-0.39, 0.29) is 0 Å². The lowest BCUT2D eigenvalue weighted by atomic mass is 10.00. The minimum absolute atomic E-state index is 0.555. The van der Waals surface area contributed by atoms with E-state index in [0.717, 1.165) is 66.8 Å². The Balaban J connectivity index is 1.46. The summed E-state index contributed by atoms with van der Waals surface area (Å²) in [5.74, 6) is 1.45. The van der Waals surface area contributed by atoms with Crippen LogP contribution in [0.1, 0.15) is 29.7 Å². The Morgan fingerprint density at radius 2 is 2.12 bits per heavy atom. The zero-order valence-electron chi connectivity index (χ0n) is 19.7. The van der Waals surface area contributed by atoms with E-state index >= 15 is 0 Å². The van der Waals surface area contributed by atoms with Gasteiger partial charge in [0.2, 0.25) is 5.79 Å². The molecule has 10 heteroatoms. The monoisotopic (exact) mass is 462 g/mol. The highest BCUT2D eigenvalue weighted by Gasteiger charge is 2.34. The van der Waals surface area contributed by atoms with Crippen LogP contribution in [0.15, 0.2) is 35.6 Å². The molecule has 0 saturated carbocycles. The molecule has 1 atom stereocenters. The number of nitrogens with two attached hydrogens (primary N) is 1. The molecule has 0 bridgehead atoms. The minimum atomic E-state index is -1.22. The van der Waals surface area contributed by atoms with Crippen LogP contribution in [0.2, 0.25) is 0 Å². The number of nitrogens with one attached hydrogen (secondary N) is 2. The van der Waals surface area contributed by atoms with Gasteiger partial charge < -0.3 is 24.7 Å². The Hall–Kier alpha value is -3.50. The van der Waals surface area contributed by atoms with E-state index < -0.39 is 5.79 Å². The number of benzene rings is 1. The number of fused-ring (bicyclic) bond motifs is 1. The van der Waals surface area contributed by atoms with Crippen molar-refractivity contribution in [2.24, 2.45) is 23.7 Å². The first-order chi connectivity index (χ1) is 16.5. The highest BCUT2D eigenvalue weighted by Crippen LogP contribution is 2.38. The largest absolute Gasteiger partial charge is 0.496 e. The highest BCUT2D eigenvalue weighted by atomic mass is 16.5. The topological polar surface area (TPSA) is 125 Å². The lowest BCUT2D eigenvalue weighted by molar-refractivity contribution is 0.0699. The van der Waals surface area contributed by atoms with Crippen LogP contribution in [0.3, 0.4) is 0 Å². The van der Waals surface area contributed by atoms with Crippen LogP contribution in [0.25, 0.3) is 11.4 Å². The summed E-state index contributed by atoms with van der Waals surface area (Å²) in [4.78, 5) is 9.44. The van der Waals surface area contributed by atoms with Crippen LogP contribution in [0, 0.1) is 12.8 Å². The van der Waals surface area contributed by atoms with Gasteiger partial charge in [0.25, 0.3) is 0 Å². The second-order valence-electron chi connectivity index (χ2n) is 8.84. The molecule has 1 saturated heterocycles. The van der Waals surface area contributed by atoms with Crippen LogP contribution in [-0.2, 0) is 17.6 Å². The van der Waals surface area contributed by atoms with Gasteiger partial charge in [-0.25, -0.2) is 9.98 Å². The zero-order chi connectivity index (χ0) is 23.7. The summed E-state index contributed by atoms with van der Waals surface area (Å²) < 4.78 is 13.1. The highest BCUT2D eigenvalue weighted by molar-refractivity contribution is 5.94. The summed E-state index contributed by atoms with van der Waals surface area (Å²) in [6.45, 7) is 4.43. The van der Waals surface area contributed by atoms with E-state index in [1.165, 1.54) is 0 Å². The average Bonchev–Trinajstić information content (AvgIpc) is 3.29. The van der Waals surface area contributed by atoms with Gasteiger partial charge in [-0.2, -0.15) is 0 Å². The third kappa shape index (κ3) is 4.22. The molecule has 178 valence electrons. The van der Waals surface area contributed by atoms with Crippen LogP contribution in [0.4, 0.5) is 11.5 Å². The summed E-state index contributed by atoms with van der Waals surface area (Å²) in [6, 6.07) is 7.76. The molecule has 0 radical (unpaired) electrons. The fraction of sp³-hybridized carbons (Fsp3) is 0.417. The van der Waals surface area contributed by atoms with Crippen LogP contribution >= 0.6 is 0 Å². The van der Waals surface area contributed by atoms with Gasteiger partial charge in [0.15, 0.2) is 5.82 Å². The fourth-order valence-electron chi connectivity index (χ4n) is 4.47. The molecule has 2 aromatic heterocycles. The minimum Gasteiger partial charge on any atom is -0.496 e. The molecule has 1 aromatic carbocycles. The van der Waals surface area contributed by atoms with Crippen molar-refractivity contribution in [3.63, 3.8) is 0 Å². The van der Waals surface area contributed by atoms with E-state index in [4.69, 9.17) is 20.2 Å². The van der Waals surface area contributed by atoms with Gasteiger partial charge >= 0.3 is 0 Å². The Morgan fingerprint density at radius 3 is 2.85 bits per heavy atom. The second-order valence-corrected chi connectivity index (χ2v) is 8.84. The van der Waals surface area contributed by atoms with Gasteiger partial charge in [0, 0.05) is 49.8 Å². The molecule has 1 fully saturated rings. The number of hydrogen-bond acceptors (Lipinski definition) is 9. The molecule has 0 spiro atoms. The van der Waals surface area contributed by atoms with E-state index in [0.29, 0.717) is 17.2 Å². The van der Waals surface area contributed by atoms with Crippen LogP contribution in [-0.4, -0.2) is 52.8 Å². The van der Waals surface area contributed by atoms with Gasteiger partial charge in [-0.05, 0) is 43.9 Å². The van der Waals surface area contributed by atoms with Crippen LogP contribution in [0.5, 0.6) is 5.75 Å². The normalized spacial score (nSPS) is 20.0. The third-order valence-electron chi connectivity index (χ3n) is 6.38. The Kier molecular flexibility index (Phi) is 5.93. The maximum absolute atomic E-state index is 6.82. The van der Waals surface area contributed by atoms with E-state index in [1.54, 1.807) is 19.7 Å². The molecule has 4 heterocycles. The smallest absolute Gasteiger partial charge is 0.212 e. The van der Waals surface area contributed by atoms with Crippen molar-refractivity contribution in [3.8, 4) is 17.1 Å². The first kappa shape index (κ1) is 22.3. The maximum atomic E-state index is 6.82. The summed E-state index contributed by atoms with van der Waals surface area (Å²) in [6.07, 6.45) is 5.56. The molecule has 2 aliphatic rings. The molecule has 0 amide bonds. The van der Waals surface area contributed by atoms with Gasteiger partial charge in [-0.3, -0.25) is 5.73 Å². The SMILES string of the molecule is COc1cc(-c2nncn2C)ccc1C1(N)N=Cc2cc(C)nc(NCC3CCOCC3)c2N1. The van der Waals surface area contributed by atoms with Crippen molar-refractivity contribution in [1.82, 2.24) is 19.7 Å². The van der Waals surface area contributed by atoms with Gasteiger partial charge in [0.05, 0.1) is 18.4 Å². The van der Waals surface area contributed by atoms with Crippen molar-refractivity contribution in [3.05, 3.63) is 47.4 Å². The predicted octanol–water partition coefficient (Wildman–Crippen LogP) is 2.65. The Bertz CT molecular complexity index is 1220. The number of ether oxygens (including phenoxy) is 2. The van der Waals surface area contributed by atoms with Crippen molar-refractivity contribution in [2.75, 3.05) is 37.5 Å². The number of pyridine rings is 1. The lowest BCUT2D eigenvalue weighted by Gasteiger charge is -2.34. The van der Waals surface area contributed by atoms with Crippen molar-refractivity contribution in [2.45, 2.75) is 25.6 Å². The number of nitrogens with zero attached hydrogens (tertiary/aromatic N) is 5. The summed E-state index contributed by atoms with van der Waals surface area (Å²) in [5, 5.41) is 15.1. The van der Waals surface area contributed by atoms with Gasteiger partial charge in [-0.15, -0.1) is 10.2 Å². The van der Waals surface area contributed by atoms with E-state index in [9.17, 15) is 0 Å². The average molecular weight is 463 g/mol. The molecule has 10 nitrogen and oxygen atoms in total. The number of rotatable bonds is 6. The van der Waals surface area contributed by atoms with E-state index in [1.807, 2.05) is 42.8 Å². The number of aliphatic imine (C=N–C) groups is 1. The molecule has 34 heavy (non-hydrogen) atoms. The van der Waals surface area contributed by atoms with Crippen molar-refractivity contribution >= 4 is 17.7 Å². The quantitative estimate of drug-likeness (QED) is 0.511. The Labute approximate surface area is 198 Å². The molecular weight excluding hydrogens is 432 g/mol. The second kappa shape index (κ2) is 9.03. The molecule has 0 aliphatic carbocycles. The summed E-state index contributed by atoms with van der Waals surface area (Å²) in [7, 11) is 3.52. The molecule has 3 aromatic rings. The molecule has 2 aliphatic heterocycles. The first-order valence-corrected chi connectivity index (χ1v) is 11.5. The standard InChI is InChI=1S/C24H30N8O2/c1-15-10-18-13-27-24(25,30-21(18)22(29-15)26-12-16-6-8-34-9-7-16)19-5-4-17(11-20(19)33-3)23-31-28-14-32(23)2/h4-5,10-11,13-14,16,30H,6-9,12,25H2,1-3H3,(H,26,29). The molecule has 5 rings (SSSR count). The summed E-state index contributed by atoms with van der Waals surface area (Å²) in [5.41, 5.74) is 11.1. The molecule has 4 N–H and O–H groups in total. The number of aromatic nitrogens is 4. The van der Waals surface area contributed by atoms with Crippen molar-refractivity contribution < 1.29 is 9.47 Å². The van der Waals surface area contributed by atoms with E-state index in [2.05, 4.69) is 25.8 Å². The third-order valence-corrected chi connectivity index (χ3v) is 6.38. The number of methoxy groups -OCH3 is 1. The predicted molar refractivity (Wildman–Crippen MR) is 131 cm³/mol. The number of aryl methyl sites for hydroxylation is 2. The molecule has 1 unspecified atom stereocenters. The Morgan fingerprint density at radius 1 is 1.29 bits per heavy atom. The molecular formula is C24H30N8O2. The van der Waals surface area contributed by atoms with Gasteiger partial charge in [-0.1, -0.05) is 6.07 Å².